The summed E-state index contributed by atoms with van der Waals surface area (Å²) in [7, 11) is 0. The summed E-state index contributed by atoms with van der Waals surface area (Å²) >= 11 is 3.34. The number of benzene rings is 1. The molecule has 1 fully saturated rings. The number of hydrogen-bond donors (Lipinski definition) is 1. The lowest BCUT2D eigenvalue weighted by atomic mass is 9.88. The summed E-state index contributed by atoms with van der Waals surface area (Å²) in [4.78, 5) is 0. The molecule has 3 heteroatoms. The Kier molecular flexibility index (Phi) is 4.57. The molecule has 1 saturated heterocycles. The highest BCUT2D eigenvalue weighted by Crippen LogP contribution is 2.23. The van der Waals surface area contributed by atoms with Gasteiger partial charge in [0.1, 0.15) is 5.82 Å². The zero-order valence-corrected chi connectivity index (χ0v) is 11.8. The molecule has 1 aliphatic heterocycles. The Morgan fingerprint density at radius 2 is 2.24 bits per heavy atom. The molecule has 0 radical (unpaired) electrons. The minimum atomic E-state index is -0.155. The van der Waals surface area contributed by atoms with Crippen LogP contribution in [0.3, 0.4) is 0 Å². The topological polar surface area (TPSA) is 12.0 Å². The standard InChI is InChI=1S/C14H19BrFN/c1-2-10-3-4-17-14(7-10)8-11-5-12(15)9-13(16)6-11/h5-6,9-10,14,17H,2-4,7-8H2,1H3. The second kappa shape index (κ2) is 5.96. The summed E-state index contributed by atoms with van der Waals surface area (Å²) in [5.41, 5.74) is 1.08. The van der Waals surface area contributed by atoms with E-state index in [2.05, 4.69) is 28.2 Å². The van der Waals surface area contributed by atoms with Crippen molar-refractivity contribution in [1.82, 2.24) is 5.32 Å². The van der Waals surface area contributed by atoms with Crippen LogP contribution in [0.2, 0.25) is 0 Å². The molecule has 0 amide bonds. The zero-order valence-electron chi connectivity index (χ0n) is 10.2. The van der Waals surface area contributed by atoms with E-state index in [1.54, 1.807) is 6.07 Å². The van der Waals surface area contributed by atoms with Gasteiger partial charge in [-0.15, -0.1) is 0 Å². The van der Waals surface area contributed by atoms with Crippen molar-refractivity contribution in [2.75, 3.05) is 6.54 Å². The maximum Gasteiger partial charge on any atom is 0.124 e. The molecule has 1 heterocycles. The number of rotatable bonds is 3. The van der Waals surface area contributed by atoms with Gasteiger partial charge in [0, 0.05) is 10.5 Å². The molecule has 2 rings (SSSR count). The van der Waals surface area contributed by atoms with E-state index in [1.807, 2.05) is 6.07 Å². The first-order valence-electron chi connectivity index (χ1n) is 6.35. The average molecular weight is 300 g/mol. The molecular formula is C14H19BrFN. The molecule has 0 saturated carbocycles. The molecule has 0 spiro atoms. The lowest BCUT2D eigenvalue weighted by molar-refractivity contribution is 0.294. The molecule has 1 aromatic carbocycles. The van der Waals surface area contributed by atoms with Crippen molar-refractivity contribution < 1.29 is 4.39 Å². The maximum absolute atomic E-state index is 13.3. The summed E-state index contributed by atoms with van der Waals surface area (Å²) < 4.78 is 14.1. The highest BCUT2D eigenvalue weighted by molar-refractivity contribution is 9.10. The van der Waals surface area contributed by atoms with E-state index in [1.165, 1.54) is 25.3 Å². The predicted molar refractivity (Wildman–Crippen MR) is 72.6 cm³/mol. The quantitative estimate of drug-likeness (QED) is 0.892. The minimum absolute atomic E-state index is 0.155. The van der Waals surface area contributed by atoms with Gasteiger partial charge in [0.2, 0.25) is 0 Å². The molecule has 1 aliphatic rings. The fourth-order valence-electron chi connectivity index (χ4n) is 2.63. The number of piperidine rings is 1. The van der Waals surface area contributed by atoms with Crippen LogP contribution in [0, 0.1) is 11.7 Å². The summed E-state index contributed by atoms with van der Waals surface area (Å²) in [6.07, 6.45) is 4.67. The van der Waals surface area contributed by atoms with Crippen LogP contribution in [-0.4, -0.2) is 12.6 Å². The molecule has 0 aromatic heterocycles. The van der Waals surface area contributed by atoms with Gasteiger partial charge < -0.3 is 5.32 Å². The van der Waals surface area contributed by atoms with E-state index in [0.29, 0.717) is 6.04 Å². The fourth-order valence-corrected chi connectivity index (χ4v) is 3.15. The molecule has 0 bridgehead atoms. The fraction of sp³-hybridized carbons (Fsp3) is 0.571. The Balaban J connectivity index is 2.00. The third-order valence-corrected chi connectivity index (χ3v) is 4.04. The largest absolute Gasteiger partial charge is 0.314 e. The van der Waals surface area contributed by atoms with E-state index in [4.69, 9.17) is 0 Å². The highest BCUT2D eigenvalue weighted by Gasteiger charge is 2.20. The summed E-state index contributed by atoms with van der Waals surface area (Å²) in [6.45, 7) is 3.35. The Hall–Kier alpha value is -0.410. The molecule has 1 nitrogen and oxygen atoms in total. The van der Waals surface area contributed by atoms with Gasteiger partial charge in [0.15, 0.2) is 0 Å². The van der Waals surface area contributed by atoms with Crippen molar-refractivity contribution >= 4 is 15.9 Å². The summed E-state index contributed by atoms with van der Waals surface area (Å²) in [5.74, 6) is 0.676. The Morgan fingerprint density at radius 3 is 2.94 bits per heavy atom. The summed E-state index contributed by atoms with van der Waals surface area (Å²) in [5, 5.41) is 3.53. The highest BCUT2D eigenvalue weighted by atomic mass is 79.9. The molecule has 17 heavy (non-hydrogen) atoms. The second-order valence-corrected chi connectivity index (χ2v) is 5.85. The van der Waals surface area contributed by atoms with Crippen LogP contribution in [0.25, 0.3) is 0 Å². The van der Waals surface area contributed by atoms with Crippen molar-refractivity contribution in [2.24, 2.45) is 5.92 Å². The summed E-state index contributed by atoms with van der Waals surface area (Å²) in [6, 6.07) is 5.66. The average Bonchev–Trinajstić information content (AvgIpc) is 2.28. The first-order valence-corrected chi connectivity index (χ1v) is 7.15. The first kappa shape index (κ1) is 13.0. The molecule has 1 N–H and O–H groups in total. The van der Waals surface area contributed by atoms with E-state index in [-0.39, 0.29) is 5.82 Å². The van der Waals surface area contributed by atoms with Crippen molar-refractivity contribution in [1.29, 1.82) is 0 Å². The van der Waals surface area contributed by atoms with Crippen molar-refractivity contribution in [3.63, 3.8) is 0 Å². The van der Waals surface area contributed by atoms with E-state index < -0.39 is 0 Å². The van der Waals surface area contributed by atoms with Crippen LogP contribution in [-0.2, 0) is 6.42 Å². The molecule has 0 aliphatic carbocycles. The molecule has 2 atom stereocenters. The van der Waals surface area contributed by atoms with Crippen LogP contribution in [0.5, 0.6) is 0 Å². The molecule has 2 unspecified atom stereocenters. The van der Waals surface area contributed by atoms with Crippen LogP contribution in [0.4, 0.5) is 4.39 Å². The second-order valence-electron chi connectivity index (χ2n) is 4.93. The van der Waals surface area contributed by atoms with Gasteiger partial charge in [-0.3, -0.25) is 0 Å². The van der Waals surface area contributed by atoms with Gasteiger partial charge in [0.05, 0.1) is 0 Å². The van der Waals surface area contributed by atoms with Crippen LogP contribution in [0.1, 0.15) is 31.7 Å². The molecule has 94 valence electrons. The van der Waals surface area contributed by atoms with Gasteiger partial charge in [-0.1, -0.05) is 29.3 Å². The van der Waals surface area contributed by atoms with Crippen molar-refractivity contribution in [3.8, 4) is 0 Å². The SMILES string of the molecule is CCC1CCNC(Cc2cc(F)cc(Br)c2)C1. The van der Waals surface area contributed by atoms with Crippen molar-refractivity contribution in [3.05, 3.63) is 34.1 Å². The first-order chi connectivity index (χ1) is 8.17. The molecule has 1 aromatic rings. The maximum atomic E-state index is 13.3. The van der Waals surface area contributed by atoms with Gasteiger partial charge in [-0.05, 0) is 55.5 Å². The smallest absolute Gasteiger partial charge is 0.124 e. The van der Waals surface area contributed by atoms with Crippen LogP contribution in [0.15, 0.2) is 22.7 Å². The van der Waals surface area contributed by atoms with Crippen LogP contribution < -0.4 is 5.32 Å². The van der Waals surface area contributed by atoms with E-state index >= 15 is 0 Å². The Labute approximate surface area is 111 Å². The van der Waals surface area contributed by atoms with Gasteiger partial charge in [-0.2, -0.15) is 0 Å². The van der Waals surface area contributed by atoms with E-state index in [9.17, 15) is 4.39 Å². The Morgan fingerprint density at radius 1 is 1.41 bits per heavy atom. The third-order valence-electron chi connectivity index (χ3n) is 3.59. The zero-order chi connectivity index (χ0) is 12.3. The lowest BCUT2D eigenvalue weighted by Crippen LogP contribution is -2.39. The lowest BCUT2D eigenvalue weighted by Gasteiger charge is -2.29. The van der Waals surface area contributed by atoms with E-state index in [0.717, 1.165) is 28.9 Å². The molecular weight excluding hydrogens is 281 g/mol. The number of halogens is 2. The number of nitrogens with one attached hydrogen (secondary N) is 1. The Bertz CT molecular complexity index is 360. The monoisotopic (exact) mass is 299 g/mol. The predicted octanol–water partition coefficient (Wildman–Crippen LogP) is 3.91. The third kappa shape index (κ3) is 3.78. The minimum Gasteiger partial charge on any atom is -0.314 e. The van der Waals surface area contributed by atoms with Crippen molar-refractivity contribution in [2.45, 2.75) is 38.6 Å². The number of hydrogen-bond acceptors (Lipinski definition) is 1. The van der Waals surface area contributed by atoms with Gasteiger partial charge in [0.25, 0.3) is 0 Å². The normalized spacial score (nSPS) is 24.9. The van der Waals surface area contributed by atoms with Gasteiger partial charge in [-0.25, -0.2) is 4.39 Å². The van der Waals surface area contributed by atoms with Gasteiger partial charge >= 0.3 is 0 Å². The van der Waals surface area contributed by atoms with Crippen LogP contribution >= 0.6 is 15.9 Å².